The number of thiophene rings is 1. The Balaban J connectivity index is 1.60. The molecule has 0 aliphatic carbocycles. The van der Waals surface area contributed by atoms with Crippen LogP contribution in [0.25, 0.3) is 10.2 Å². The van der Waals surface area contributed by atoms with Crippen LogP contribution in [0.2, 0.25) is 5.02 Å². The first kappa shape index (κ1) is 18.5. The summed E-state index contributed by atoms with van der Waals surface area (Å²) in [7, 11) is 0. The number of likely N-dealkylation sites (tertiary alicyclic amines) is 1. The monoisotopic (exact) mass is 403 g/mol. The molecule has 4 rings (SSSR count). The fraction of sp³-hybridized carbons (Fsp3) is 0.400. The number of carbonyl (C=O) groups is 1. The standard InChI is InChI=1S/C20H22ClN3O2S/c1-13-17-9-18(19(26)23-8-2-3-15(10-23)12-25)27-20(17)24(22-13)11-14-4-6-16(21)7-5-14/h4-7,9,15,25H,2-3,8,10-12H2,1H3. The molecule has 1 aromatic carbocycles. The second-order valence-corrected chi connectivity index (χ2v) is 8.61. The number of aliphatic hydroxyl groups excluding tert-OH is 1. The second-order valence-electron chi connectivity index (χ2n) is 7.14. The molecule has 7 heteroatoms. The fourth-order valence-electron chi connectivity index (χ4n) is 3.64. The number of piperidine rings is 1. The normalized spacial score (nSPS) is 17.6. The van der Waals surface area contributed by atoms with E-state index in [9.17, 15) is 9.90 Å². The van der Waals surface area contributed by atoms with Crippen LogP contribution in [0.15, 0.2) is 30.3 Å². The van der Waals surface area contributed by atoms with Gasteiger partial charge in [-0.25, -0.2) is 0 Å². The molecule has 0 bridgehead atoms. The van der Waals surface area contributed by atoms with E-state index in [4.69, 9.17) is 11.6 Å². The molecule has 1 atom stereocenters. The summed E-state index contributed by atoms with van der Waals surface area (Å²) in [6.07, 6.45) is 1.94. The quantitative estimate of drug-likeness (QED) is 0.717. The number of aryl methyl sites for hydroxylation is 1. The van der Waals surface area contributed by atoms with E-state index in [-0.39, 0.29) is 18.4 Å². The lowest BCUT2D eigenvalue weighted by atomic mass is 9.99. The van der Waals surface area contributed by atoms with E-state index in [1.165, 1.54) is 11.3 Å². The summed E-state index contributed by atoms with van der Waals surface area (Å²) in [5.41, 5.74) is 2.05. The molecule has 3 heterocycles. The van der Waals surface area contributed by atoms with Crippen molar-refractivity contribution >= 4 is 39.1 Å². The van der Waals surface area contributed by atoms with Crippen molar-refractivity contribution in [1.82, 2.24) is 14.7 Å². The molecule has 1 amide bonds. The van der Waals surface area contributed by atoms with Gasteiger partial charge in [0.05, 0.1) is 17.1 Å². The minimum absolute atomic E-state index is 0.0618. The maximum Gasteiger partial charge on any atom is 0.264 e. The molecule has 1 fully saturated rings. The molecular formula is C20H22ClN3O2S. The molecule has 0 radical (unpaired) electrons. The Morgan fingerprint density at radius 3 is 2.89 bits per heavy atom. The third-order valence-corrected chi connectivity index (χ3v) is 6.52. The molecule has 5 nitrogen and oxygen atoms in total. The van der Waals surface area contributed by atoms with Gasteiger partial charge in [-0.2, -0.15) is 5.10 Å². The molecule has 0 spiro atoms. The van der Waals surface area contributed by atoms with Gasteiger partial charge in [0.15, 0.2) is 0 Å². The van der Waals surface area contributed by atoms with Gasteiger partial charge in [-0.05, 0) is 49.4 Å². The van der Waals surface area contributed by atoms with Crippen molar-refractivity contribution in [3.05, 3.63) is 51.5 Å². The zero-order valence-electron chi connectivity index (χ0n) is 15.2. The molecule has 0 saturated carbocycles. The van der Waals surface area contributed by atoms with Crippen LogP contribution in [0.3, 0.4) is 0 Å². The van der Waals surface area contributed by atoms with E-state index in [0.29, 0.717) is 18.1 Å². The van der Waals surface area contributed by atoms with Crippen LogP contribution in [0.4, 0.5) is 0 Å². The first-order chi connectivity index (χ1) is 13.0. The van der Waals surface area contributed by atoms with E-state index >= 15 is 0 Å². The van der Waals surface area contributed by atoms with Crippen LogP contribution in [-0.2, 0) is 6.54 Å². The van der Waals surface area contributed by atoms with Crippen LogP contribution >= 0.6 is 22.9 Å². The highest BCUT2D eigenvalue weighted by Crippen LogP contribution is 2.30. The number of benzene rings is 1. The Morgan fingerprint density at radius 1 is 1.37 bits per heavy atom. The third-order valence-electron chi connectivity index (χ3n) is 5.13. The molecule has 1 aliphatic heterocycles. The minimum atomic E-state index is 0.0618. The maximum absolute atomic E-state index is 13.0. The number of amides is 1. The van der Waals surface area contributed by atoms with Crippen molar-refractivity contribution in [1.29, 1.82) is 0 Å². The van der Waals surface area contributed by atoms with Crippen LogP contribution < -0.4 is 0 Å². The fourth-order valence-corrected chi connectivity index (χ4v) is 4.90. The van der Waals surface area contributed by atoms with Crippen LogP contribution in [-0.4, -0.2) is 45.4 Å². The predicted molar refractivity (Wildman–Crippen MR) is 109 cm³/mol. The molecule has 2 aromatic heterocycles. The number of hydrogen-bond donors (Lipinski definition) is 1. The average molecular weight is 404 g/mol. The van der Waals surface area contributed by atoms with Gasteiger partial charge in [0, 0.05) is 30.1 Å². The lowest BCUT2D eigenvalue weighted by Crippen LogP contribution is -2.40. The lowest BCUT2D eigenvalue weighted by molar-refractivity contribution is 0.0625. The number of nitrogens with zero attached hydrogens (tertiary/aromatic N) is 3. The minimum Gasteiger partial charge on any atom is -0.396 e. The first-order valence-electron chi connectivity index (χ1n) is 9.16. The third kappa shape index (κ3) is 3.74. The zero-order chi connectivity index (χ0) is 19.0. The number of halogens is 1. The van der Waals surface area contributed by atoms with Gasteiger partial charge in [0.2, 0.25) is 0 Å². The highest BCUT2D eigenvalue weighted by Gasteiger charge is 2.26. The summed E-state index contributed by atoms with van der Waals surface area (Å²) in [4.78, 5) is 16.6. The molecule has 142 valence electrons. The Labute approximate surface area is 167 Å². The molecular weight excluding hydrogens is 382 g/mol. The summed E-state index contributed by atoms with van der Waals surface area (Å²) in [6, 6.07) is 9.70. The highest BCUT2D eigenvalue weighted by atomic mass is 35.5. The van der Waals surface area contributed by atoms with Crippen LogP contribution in [0.5, 0.6) is 0 Å². The van der Waals surface area contributed by atoms with Crippen molar-refractivity contribution in [3.63, 3.8) is 0 Å². The topological polar surface area (TPSA) is 58.4 Å². The van der Waals surface area contributed by atoms with E-state index in [1.807, 2.05) is 46.8 Å². The van der Waals surface area contributed by atoms with Crippen molar-refractivity contribution in [3.8, 4) is 0 Å². The first-order valence-corrected chi connectivity index (χ1v) is 10.4. The number of rotatable bonds is 4. The van der Waals surface area contributed by atoms with Crippen molar-refractivity contribution < 1.29 is 9.90 Å². The summed E-state index contributed by atoms with van der Waals surface area (Å²) in [6.45, 7) is 4.17. The summed E-state index contributed by atoms with van der Waals surface area (Å²) < 4.78 is 1.96. The Kier molecular flexibility index (Phi) is 5.21. The molecule has 1 unspecified atom stereocenters. The number of hydrogen-bond acceptors (Lipinski definition) is 4. The van der Waals surface area contributed by atoms with E-state index < -0.39 is 0 Å². The van der Waals surface area contributed by atoms with Crippen LogP contribution in [0, 0.1) is 12.8 Å². The van der Waals surface area contributed by atoms with Gasteiger partial charge in [-0.15, -0.1) is 11.3 Å². The molecule has 1 aliphatic rings. The second kappa shape index (κ2) is 7.62. The summed E-state index contributed by atoms with van der Waals surface area (Å²) in [5, 5.41) is 15.8. The van der Waals surface area contributed by atoms with Crippen molar-refractivity contribution in [2.45, 2.75) is 26.3 Å². The molecule has 27 heavy (non-hydrogen) atoms. The van der Waals surface area contributed by atoms with Gasteiger partial charge < -0.3 is 10.0 Å². The van der Waals surface area contributed by atoms with Crippen LogP contribution in [0.1, 0.15) is 33.8 Å². The number of aromatic nitrogens is 2. The zero-order valence-corrected chi connectivity index (χ0v) is 16.8. The van der Waals surface area contributed by atoms with Crippen molar-refractivity contribution in [2.75, 3.05) is 19.7 Å². The molecule has 1 N–H and O–H groups in total. The number of aliphatic hydroxyl groups is 1. The van der Waals surface area contributed by atoms with E-state index in [2.05, 4.69) is 5.10 Å². The van der Waals surface area contributed by atoms with Gasteiger partial charge in [-0.3, -0.25) is 9.48 Å². The van der Waals surface area contributed by atoms with Gasteiger partial charge in [-0.1, -0.05) is 23.7 Å². The largest absolute Gasteiger partial charge is 0.396 e. The van der Waals surface area contributed by atoms with Gasteiger partial charge in [0.25, 0.3) is 5.91 Å². The lowest BCUT2D eigenvalue weighted by Gasteiger charge is -2.31. The van der Waals surface area contributed by atoms with E-state index in [0.717, 1.165) is 45.7 Å². The summed E-state index contributed by atoms with van der Waals surface area (Å²) in [5.74, 6) is 0.256. The van der Waals surface area contributed by atoms with Gasteiger partial charge >= 0.3 is 0 Å². The van der Waals surface area contributed by atoms with Crippen molar-refractivity contribution in [2.24, 2.45) is 5.92 Å². The highest BCUT2D eigenvalue weighted by molar-refractivity contribution is 7.20. The Bertz CT molecular complexity index is 964. The predicted octanol–water partition coefficient (Wildman–Crippen LogP) is 3.95. The number of carbonyl (C=O) groups excluding carboxylic acids is 1. The Hall–Kier alpha value is -1.89. The Morgan fingerprint density at radius 2 is 2.15 bits per heavy atom. The maximum atomic E-state index is 13.0. The number of fused-ring (bicyclic) bond motifs is 1. The average Bonchev–Trinajstić information content (AvgIpc) is 3.24. The van der Waals surface area contributed by atoms with Gasteiger partial charge in [0.1, 0.15) is 4.83 Å². The SMILES string of the molecule is Cc1nn(Cc2ccc(Cl)cc2)c2sc(C(=O)N3CCCC(CO)C3)cc12. The molecule has 1 saturated heterocycles. The smallest absolute Gasteiger partial charge is 0.264 e. The summed E-state index contributed by atoms with van der Waals surface area (Å²) >= 11 is 7.47. The molecule has 3 aromatic rings. The van der Waals surface area contributed by atoms with E-state index in [1.54, 1.807) is 0 Å².